The maximum atomic E-state index is 11.2. The summed E-state index contributed by atoms with van der Waals surface area (Å²) < 4.78 is 0. The predicted octanol–water partition coefficient (Wildman–Crippen LogP) is 1.86. The number of hydroxylamine groups is 2. The van der Waals surface area contributed by atoms with E-state index in [2.05, 4.69) is 0 Å². The zero-order chi connectivity index (χ0) is 12.1. The van der Waals surface area contributed by atoms with Gasteiger partial charge in [-0.2, -0.15) is 5.06 Å². The average molecular weight is 251 g/mol. The van der Waals surface area contributed by atoms with Crippen LogP contribution in [0.3, 0.4) is 0 Å². The average Bonchev–Trinajstić information content (AvgIpc) is 2.67. The first-order valence-corrected chi connectivity index (χ1v) is 6.42. The molecule has 1 aliphatic rings. The third-order valence-corrected chi connectivity index (χ3v) is 3.30. The molecule has 1 fully saturated rings. The quantitative estimate of drug-likeness (QED) is 0.455. The summed E-state index contributed by atoms with van der Waals surface area (Å²) in [6.07, 6.45) is 0.537. The molecule has 17 heavy (non-hydrogen) atoms. The van der Waals surface area contributed by atoms with E-state index in [1.165, 1.54) is 0 Å². The molecular formula is C12H13NO3S. The van der Waals surface area contributed by atoms with Crippen LogP contribution in [-0.4, -0.2) is 29.2 Å². The molecule has 1 aromatic rings. The minimum atomic E-state index is -0.236. The summed E-state index contributed by atoms with van der Waals surface area (Å²) in [5, 5.41) is 0.894. The Morgan fingerprint density at radius 3 is 2.41 bits per heavy atom. The normalized spacial score (nSPS) is 15.6. The van der Waals surface area contributed by atoms with Crippen molar-refractivity contribution in [3.05, 3.63) is 30.3 Å². The van der Waals surface area contributed by atoms with E-state index in [0.717, 1.165) is 9.96 Å². The van der Waals surface area contributed by atoms with E-state index in [9.17, 15) is 9.59 Å². The van der Waals surface area contributed by atoms with Crippen LogP contribution in [0.15, 0.2) is 35.2 Å². The van der Waals surface area contributed by atoms with Gasteiger partial charge in [-0.25, -0.2) is 0 Å². The summed E-state index contributed by atoms with van der Waals surface area (Å²) in [5.74, 6) is 0.237. The molecule has 5 heteroatoms. The standard InChI is InChI=1S/C12H13NO3S/c14-11-6-7-12(15)13(11)16-8-9-17-10-4-2-1-3-5-10/h1-5H,6-9H2. The fraction of sp³-hybridized carbons (Fsp3) is 0.333. The summed E-state index contributed by atoms with van der Waals surface area (Å²) in [7, 11) is 0. The van der Waals surface area contributed by atoms with Crippen molar-refractivity contribution in [1.29, 1.82) is 0 Å². The number of amides is 2. The lowest BCUT2D eigenvalue weighted by Crippen LogP contribution is -2.30. The minimum Gasteiger partial charge on any atom is -0.272 e. The molecule has 0 unspecified atom stereocenters. The Kier molecular flexibility index (Phi) is 4.17. The van der Waals surface area contributed by atoms with E-state index < -0.39 is 0 Å². The van der Waals surface area contributed by atoms with Crippen LogP contribution in [-0.2, 0) is 14.4 Å². The van der Waals surface area contributed by atoms with Gasteiger partial charge in [0.2, 0.25) is 0 Å². The van der Waals surface area contributed by atoms with Gasteiger partial charge in [-0.3, -0.25) is 14.4 Å². The van der Waals surface area contributed by atoms with Gasteiger partial charge in [-0.15, -0.1) is 11.8 Å². The summed E-state index contributed by atoms with van der Waals surface area (Å²) in [6.45, 7) is 0.358. The van der Waals surface area contributed by atoms with Gasteiger partial charge in [0.25, 0.3) is 11.8 Å². The van der Waals surface area contributed by atoms with Gasteiger partial charge in [0.15, 0.2) is 0 Å². The molecule has 1 aliphatic heterocycles. The molecule has 1 heterocycles. The zero-order valence-electron chi connectivity index (χ0n) is 9.30. The third kappa shape index (κ3) is 3.31. The molecule has 2 amide bonds. The van der Waals surface area contributed by atoms with Crippen molar-refractivity contribution >= 4 is 23.6 Å². The fourth-order valence-electron chi connectivity index (χ4n) is 1.50. The lowest BCUT2D eigenvalue weighted by Gasteiger charge is -2.12. The Morgan fingerprint density at radius 2 is 1.76 bits per heavy atom. The lowest BCUT2D eigenvalue weighted by molar-refractivity contribution is -0.185. The van der Waals surface area contributed by atoms with E-state index in [1.54, 1.807) is 11.8 Å². The van der Waals surface area contributed by atoms with Crippen molar-refractivity contribution in [2.24, 2.45) is 0 Å². The number of rotatable bonds is 5. The van der Waals surface area contributed by atoms with Crippen molar-refractivity contribution in [2.45, 2.75) is 17.7 Å². The number of imide groups is 1. The second-order valence-electron chi connectivity index (χ2n) is 3.58. The smallest absolute Gasteiger partial charge is 0.253 e. The predicted molar refractivity (Wildman–Crippen MR) is 64.2 cm³/mol. The van der Waals surface area contributed by atoms with Crippen LogP contribution in [0.1, 0.15) is 12.8 Å². The van der Waals surface area contributed by atoms with Gasteiger partial charge in [-0.1, -0.05) is 18.2 Å². The van der Waals surface area contributed by atoms with Gasteiger partial charge < -0.3 is 0 Å². The van der Waals surface area contributed by atoms with Gasteiger partial charge in [0, 0.05) is 23.5 Å². The van der Waals surface area contributed by atoms with Crippen LogP contribution in [0, 0.1) is 0 Å². The van der Waals surface area contributed by atoms with Gasteiger partial charge in [0.05, 0.1) is 6.61 Å². The third-order valence-electron chi connectivity index (χ3n) is 2.32. The Labute approximate surface area is 104 Å². The van der Waals surface area contributed by atoms with Gasteiger partial charge in [0.1, 0.15) is 0 Å². The van der Waals surface area contributed by atoms with Crippen molar-refractivity contribution < 1.29 is 14.4 Å². The second-order valence-corrected chi connectivity index (χ2v) is 4.74. The van der Waals surface area contributed by atoms with E-state index >= 15 is 0 Å². The lowest BCUT2D eigenvalue weighted by atomic mass is 10.4. The molecule has 0 saturated carbocycles. The number of benzene rings is 1. The molecule has 0 radical (unpaired) electrons. The highest BCUT2D eigenvalue weighted by Gasteiger charge is 2.29. The number of thioether (sulfide) groups is 1. The van der Waals surface area contributed by atoms with Crippen LogP contribution in [0.2, 0.25) is 0 Å². The molecule has 0 aliphatic carbocycles. The molecule has 1 saturated heterocycles. The first-order valence-electron chi connectivity index (χ1n) is 5.44. The highest BCUT2D eigenvalue weighted by atomic mass is 32.2. The highest BCUT2D eigenvalue weighted by Crippen LogP contribution is 2.17. The van der Waals surface area contributed by atoms with Crippen LogP contribution >= 0.6 is 11.8 Å². The number of nitrogens with zero attached hydrogens (tertiary/aromatic N) is 1. The summed E-state index contributed by atoms with van der Waals surface area (Å²) in [5.41, 5.74) is 0. The summed E-state index contributed by atoms with van der Waals surface area (Å²) >= 11 is 1.63. The molecule has 2 rings (SSSR count). The number of carbonyl (C=O) groups excluding carboxylic acids is 2. The largest absolute Gasteiger partial charge is 0.272 e. The summed E-state index contributed by atoms with van der Waals surface area (Å²) in [6, 6.07) is 9.92. The Hall–Kier alpha value is -1.33. The van der Waals surface area contributed by atoms with Crippen molar-refractivity contribution in [1.82, 2.24) is 5.06 Å². The number of carbonyl (C=O) groups is 2. The molecule has 0 bridgehead atoms. The van der Waals surface area contributed by atoms with Crippen LogP contribution in [0.4, 0.5) is 0 Å². The van der Waals surface area contributed by atoms with Crippen LogP contribution in [0.5, 0.6) is 0 Å². The number of hydrogen-bond acceptors (Lipinski definition) is 4. The first kappa shape index (κ1) is 12.1. The van der Waals surface area contributed by atoms with Crippen molar-refractivity contribution in [3.63, 3.8) is 0 Å². The highest BCUT2D eigenvalue weighted by molar-refractivity contribution is 7.99. The molecule has 0 aromatic heterocycles. The second kappa shape index (κ2) is 5.84. The van der Waals surface area contributed by atoms with Crippen LogP contribution < -0.4 is 0 Å². The maximum Gasteiger partial charge on any atom is 0.253 e. The molecule has 4 nitrogen and oxygen atoms in total. The first-order chi connectivity index (χ1) is 8.27. The van der Waals surface area contributed by atoms with E-state index in [-0.39, 0.29) is 24.7 Å². The summed E-state index contributed by atoms with van der Waals surface area (Å²) in [4.78, 5) is 28.8. The maximum absolute atomic E-state index is 11.2. The fourth-order valence-corrected chi connectivity index (χ4v) is 2.25. The van der Waals surface area contributed by atoms with E-state index in [1.807, 2.05) is 30.3 Å². The van der Waals surface area contributed by atoms with E-state index in [4.69, 9.17) is 4.84 Å². The van der Waals surface area contributed by atoms with Crippen molar-refractivity contribution in [2.75, 3.05) is 12.4 Å². The molecule has 0 N–H and O–H groups in total. The Balaban J connectivity index is 1.70. The topological polar surface area (TPSA) is 46.6 Å². The van der Waals surface area contributed by atoms with Crippen LogP contribution in [0.25, 0.3) is 0 Å². The van der Waals surface area contributed by atoms with Gasteiger partial charge in [-0.05, 0) is 12.1 Å². The molecular weight excluding hydrogens is 238 g/mol. The minimum absolute atomic E-state index is 0.236. The molecule has 1 aromatic carbocycles. The van der Waals surface area contributed by atoms with Gasteiger partial charge >= 0.3 is 0 Å². The zero-order valence-corrected chi connectivity index (χ0v) is 10.1. The Bertz CT molecular complexity index is 391. The number of hydrogen-bond donors (Lipinski definition) is 0. The Morgan fingerprint density at radius 1 is 1.12 bits per heavy atom. The molecule has 0 spiro atoms. The van der Waals surface area contributed by atoms with E-state index in [0.29, 0.717) is 12.4 Å². The monoisotopic (exact) mass is 251 g/mol. The van der Waals surface area contributed by atoms with Crippen molar-refractivity contribution in [3.8, 4) is 0 Å². The molecule has 0 atom stereocenters. The molecule has 90 valence electrons. The SMILES string of the molecule is O=C1CCC(=O)N1OCCSc1ccccc1.